The summed E-state index contributed by atoms with van der Waals surface area (Å²) in [6.07, 6.45) is 4.84. The van der Waals surface area contributed by atoms with Crippen LogP contribution >= 0.6 is 0 Å². The predicted octanol–water partition coefficient (Wildman–Crippen LogP) is 3.44. The van der Waals surface area contributed by atoms with Crippen LogP contribution < -0.4 is 10.1 Å². The Labute approximate surface area is 165 Å². The molecular weight excluding hydrogens is 384 g/mol. The molecule has 1 fully saturated rings. The fourth-order valence-electron chi connectivity index (χ4n) is 3.81. The summed E-state index contributed by atoms with van der Waals surface area (Å²) in [5.41, 5.74) is 1.63. The van der Waals surface area contributed by atoms with Crippen molar-refractivity contribution in [2.75, 3.05) is 5.32 Å². The molecule has 1 unspecified atom stereocenters. The molecule has 2 aliphatic rings. The van der Waals surface area contributed by atoms with E-state index in [0.717, 1.165) is 32.1 Å². The Morgan fingerprint density at radius 3 is 2.62 bits per heavy atom. The van der Waals surface area contributed by atoms with E-state index in [0.29, 0.717) is 22.8 Å². The van der Waals surface area contributed by atoms with Crippen molar-refractivity contribution in [3.63, 3.8) is 0 Å². The van der Waals surface area contributed by atoms with E-state index in [1.807, 2.05) is 0 Å². The molecule has 1 atom stereocenters. The van der Waals surface area contributed by atoms with Crippen molar-refractivity contribution >= 4 is 11.9 Å². The lowest BCUT2D eigenvalue weighted by Crippen LogP contribution is -2.32. The average molecular weight is 405 g/mol. The number of fused-ring (bicyclic) bond motifs is 1. The van der Waals surface area contributed by atoms with Gasteiger partial charge in [-0.2, -0.15) is 13.5 Å². The molecule has 0 bridgehead atoms. The SMILES string of the molecule is CC1=C(C(=O)OC2CCCCC2)C(c2ccc(OC(F)F)cc2)n2nnnc2N1. The zero-order chi connectivity index (χ0) is 20.4. The number of aromatic nitrogens is 4. The van der Waals surface area contributed by atoms with Crippen molar-refractivity contribution in [3.8, 4) is 5.75 Å². The molecule has 0 radical (unpaired) electrons. The number of nitrogens with zero attached hydrogens (tertiary/aromatic N) is 4. The van der Waals surface area contributed by atoms with Gasteiger partial charge in [-0.3, -0.25) is 0 Å². The summed E-state index contributed by atoms with van der Waals surface area (Å²) in [6, 6.07) is 5.43. The summed E-state index contributed by atoms with van der Waals surface area (Å²) in [5.74, 6) is -0.0164. The Morgan fingerprint density at radius 1 is 1.21 bits per heavy atom. The Morgan fingerprint density at radius 2 is 1.93 bits per heavy atom. The van der Waals surface area contributed by atoms with Crippen LogP contribution in [0.3, 0.4) is 0 Å². The first-order valence-corrected chi connectivity index (χ1v) is 9.54. The number of carbonyl (C=O) groups excluding carboxylic acids is 1. The minimum absolute atomic E-state index is 0.0293. The van der Waals surface area contributed by atoms with Gasteiger partial charge in [0.05, 0.1) is 5.57 Å². The number of allylic oxidation sites excluding steroid dienone is 1. The number of ether oxygens (including phenoxy) is 2. The number of carbonyl (C=O) groups is 1. The number of tetrazole rings is 1. The van der Waals surface area contributed by atoms with Crippen molar-refractivity contribution in [3.05, 3.63) is 41.1 Å². The molecule has 10 heteroatoms. The highest BCUT2D eigenvalue weighted by Gasteiger charge is 2.36. The Hall–Kier alpha value is -3.04. The number of halogens is 2. The quantitative estimate of drug-likeness (QED) is 0.762. The molecule has 0 saturated heterocycles. The maximum absolute atomic E-state index is 13.1. The van der Waals surface area contributed by atoms with Gasteiger partial charge >= 0.3 is 12.6 Å². The van der Waals surface area contributed by atoms with Gasteiger partial charge in [-0.25, -0.2) is 4.79 Å². The fraction of sp³-hybridized carbons (Fsp3) is 0.474. The fourth-order valence-corrected chi connectivity index (χ4v) is 3.81. The third kappa shape index (κ3) is 4.06. The van der Waals surface area contributed by atoms with E-state index >= 15 is 0 Å². The number of benzene rings is 1. The minimum atomic E-state index is -2.91. The molecule has 1 N–H and O–H groups in total. The van der Waals surface area contributed by atoms with Gasteiger partial charge in [-0.05, 0) is 60.7 Å². The van der Waals surface area contributed by atoms with Crippen molar-refractivity contribution in [1.29, 1.82) is 0 Å². The first-order chi connectivity index (χ1) is 14.0. The zero-order valence-corrected chi connectivity index (χ0v) is 15.8. The summed E-state index contributed by atoms with van der Waals surface area (Å²) in [6.45, 7) is -1.15. The van der Waals surface area contributed by atoms with E-state index in [1.165, 1.54) is 16.8 Å². The summed E-state index contributed by atoms with van der Waals surface area (Å²) in [4.78, 5) is 13.1. The molecule has 1 saturated carbocycles. The summed E-state index contributed by atoms with van der Waals surface area (Å²) >= 11 is 0. The van der Waals surface area contributed by atoms with Gasteiger partial charge in [0.25, 0.3) is 0 Å². The molecular formula is C19H21F2N5O3. The number of anilines is 1. The largest absolute Gasteiger partial charge is 0.459 e. The highest BCUT2D eigenvalue weighted by Crippen LogP contribution is 2.36. The monoisotopic (exact) mass is 405 g/mol. The molecule has 0 amide bonds. The van der Waals surface area contributed by atoms with Crippen LogP contribution in [0.4, 0.5) is 14.7 Å². The van der Waals surface area contributed by atoms with Crippen LogP contribution in [0.25, 0.3) is 0 Å². The number of hydrogen-bond acceptors (Lipinski definition) is 7. The minimum Gasteiger partial charge on any atom is -0.459 e. The van der Waals surface area contributed by atoms with Gasteiger partial charge in [-0.1, -0.05) is 23.7 Å². The first-order valence-electron chi connectivity index (χ1n) is 9.54. The third-order valence-electron chi connectivity index (χ3n) is 5.18. The van der Waals surface area contributed by atoms with Crippen molar-refractivity contribution in [2.45, 2.75) is 57.8 Å². The molecule has 1 aromatic carbocycles. The number of nitrogens with one attached hydrogen (secondary N) is 1. The van der Waals surface area contributed by atoms with E-state index in [2.05, 4.69) is 25.6 Å². The molecule has 2 aromatic rings. The van der Waals surface area contributed by atoms with Gasteiger partial charge in [0.15, 0.2) is 0 Å². The molecule has 1 aliphatic carbocycles. The number of esters is 1. The van der Waals surface area contributed by atoms with Crippen LogP contribution in [0.2, 0.25) is 0 Å². The van der Waals surface area contributed by atoms with Crippen LogP contribution in [-0.2, 0) is 9.53 Å². The van der Waals surface area contributed by atoms with Crippen LogP contribution in [0.15, 0.2) is 35.5 Å². The normalized spacial score (nSPS) is 19.7. The van der Waals surface area contributed by atoms with Gasteiger partial charge in [0.2, 0.25) is 5.95 Å². The van der Waals surface area contributed by atoms with Gasteiger partial charge in [0, 0.05) is 5.70 Å². The molecule has 154 valence electrons. The maximum atomic E-state index is 13.1. The zero-order valence-electron chi connectivity index (χ0n) is 15.8. The molecule has 4 rings (SSSR count). The predicted molar refractivity (Wildman–Crippen MR) is 98.3 cm³/mol. The maximum Gasteiger partial charge on any atom is 0.387 e. The lowest BCUT2D eigenvalue weighted by Gasteiger charge is -2.29. The topological polar surface area (TPSA) is 91.2 Å². The van der Waals surface area contributed by atoms with Gasteiger partial charge in [-0.15, -0.1) is 0 Å². The second-order valence-corrected chi connectivity index (χ2v) is 7.13. The van der Waals surface area contributed by atoms with Crippen molar-refractivity contribution < 1.29 is 23.0 Å². The second kappa shape index (κ2) is 8.14. The highest BCUT2D eigenvalue weighted by atomic mass is 19.3. The molecule has 0 spiro atoms. The number of rotatable bonds is 5. The van der Waals surface area contributed by atoms with E-state index < -0.39 is 18.6 Å². The van der Waals surface area contributed by atoms with Crippen LogP contribution in [-0.4, -0.2) is 38.9 Å². The second-order valence-electron chi connectivity index (χ2n) is 7.13. The summed E-state index contributed by atoms with van der Waals surface area (Å²) in [5, 5.41) is 14.6. The Kier molecular flexibility index (Phi) is 5.41. The lowest BCUT2D eigenvalue weighted by molar-refractivity contribution is -0.146. The van der Waals surface area contributed by atoms with E-state index in [1.54, 1.807) is 19.1 Å². The van der Waals surface area contributed by atoms with Crippen LogP contribution in [0, 0.1) is 0 Å². The van der Waals surface area contributed by atoms with E-state index in [9.17, 15) is 13.6 Å². The van der Waals surface area contributed by atoms with Crippen molar-refractivity contribution in [2.24, 2.45) is 0 Å². The number of hydrogen-bond donors (Lipinski definition) is 1. The van der Waals surface area contributed by atoms with Gasteiger partial charge in [0.1, 0.15) is 17.9 Å². The summed E-state index contributed by atoms with van der Waals surface area (Å²) in [7, 11) is 0. The Bertz CT molecular complexity index is 907. The van der Waals surface area contributed by atoms with Crippen LogP contribution in [0.1, 0.15) is 50.6 Å². The van der Waals surface area contributed by atoms with Gasteiger partial charge < -0.3 is 14.8 Å². The third-order valence-corrected chi connectivity index (χ3v) is 5.18. The Balaban J connectivity index is 1.65. The average Bonchev–Trinajstić information content (AvgIpc) is 3.16. The molecule has 1 aliphatic heterocycles. The molecule has 8 nitrogen and oxygen atoms in total. The van der Waals surface area contributed by atoms with E-state index in [-0.39, 0.29) is 11.9 Å². The lowest BCUT2D eigenvalue weighted by atomic mass is 9.95. The smallest absolute Gasteiger partial charge is 0.387 e. The number of alkyl halides is 2. The molecule has 1 aromatic heterocycles. The molecule has 29 heavy (non-hydrogen) atoms. The first kappa shape index (κ1) is 19.3. The molecule has 2 heterocycles. The highest BCUT2D eigenvalue weighted by molar-refractivity contribution is 5.92. The van der Waals surface area contributed by atoms with Crippen molar-refractivity contribution in [1.82, 2.24) is 20.2 Å². The summed E-state index contributed by atoms with van der Waals surface area (Å²) < 4.78 is 36.6. The van der Waals surface area contributed by atoms with Crippen LogP contribution in [0.5, 0.6) is 5.75 Å². The standard InChI is InChI=1S/C19H21F2N5O3/c1-11-15(17(27)28-13-5-3-2-4-6-13)16(26-19(22-11)23-24-25-26)12-7-9-14(10-8-12)29-18(20)21/h7-10,13,16,18H,2-6H2,1H3,(H,22,23,25). The van der Waals surface area contributed by atoms with E-state index in [4.69, 9.17) is 4.74 Å².